The summed E-state index contributed by atoms with van der Waals surface area (Å²) >= 11 is 0. The first-order valence-corrected chi connectivity index (χ1v) is 7.86. The minimum Gasteiger partial charge on any atom is -0.496 e. The summed E-state index contributed by atoms with van der Waals surface area (Å²) in [6.07, 6.45) is 2.00. The Bertz CT molecular complexity index is 702. The van der Waals surface area contributed by atoms with Gasteiger partial charge < -0.3 is 19.7 Å². The van der Waals surface area contributed by atoms with Crippen molar-refractivity contribution < 1.29 is 14.3 Å². The molecule has 122 valence electrons. The van der Waals surface area contributed by atoms with E-state index in [0.717, 1.165) is 41.6 Å². The number of urea groups is 1. The number of hydrogen-bond donors (Lipinski definition) is 1. The van der Waals surface area contributed by atoms with Crippen molar-refractivity contribution in [3.05, 3.63) is 36.4 Å². The average Bonchev–Trinajstić information content (AvgIpc) is 3.03. The number of rotatable bonds is 4. The van der Waals surface area contributed by atoms with E-state index in [9.17, 15) is 4.79 Å². The molecule has 1 fully saturated rings. The smallest absolute Gasteiger partial charge is 0.322 e. The Balaban J connectivity index is 1.82. The molecular formula is C18H22N2O3. The zero-order valence-electron chi connectivity index (χ0n) is 13.5. The van der Waals surface area contributed by atoms with Crippen LogP contribution in [0.25, 0.3) is 10.8 Å². The number of ether oxygens (including phenoxy) is 2. The molecule has 1 aliphatic heterocycles. The van der Waals surface area contributed by atoms with Gasteiger partial charge in [-0.2, -0.15) is 0 Å². The predicted molar refractivity (Wildman–Crippen MR) is 91.1 cm³/mol. The van der Waals surface area contributed by atoms with Gasteiger partial charge in [0.2, 0.25) is 0 Å². The molecule has 1 heterocycles. The quantitative estimate of drug-likeness (QED) is 0.940. The normalized spacial score (nSPS) is 17.5. The van der Waals surface area contributed by atoms with Crippen molar-refractivity contribution in [2.24, 2.45) is 0 Å². The van der Waals surface area contributed by atoms with Crippen LogP contribution in [0.2, 0.25) is 0 Å². The zero-order chi connectivity index (χ0) is 16.2. The number of nitrogens with zero attached hydrogens (tertiary/aromatic N) is 1. The molecule has 0 radical (unpaired) electrons. The van der Waals surface area contributed by atoms with Crippen LogP contribution in [0.3, 0.4) is 0 Å². The predicted octanol–water partition coefficient (Wildman–Crippen LogP) is 3.49. The molecule has 3 rings (SSSR count). The average molecular weight is 314 g/mol. The molecule has 0 aromatic heterocycles. The van der Waals surface area contributed by atoms with Crippen LogP contribution in [0.4, 0.5) is 10.5 Å². The zero-order valence-corrected chi connectivity index (χ0v) is 13.5. The van der Waals surface area contributed by atoms with Crippen LogP contribution in [0, 0.1) is 0 Å². The van der Waals surface area contributed by atoms with E-state index in [4.69, 9.17) is 9.47 Å². The lowest BCUT2D eigenvalue weighted by molar-refractivity contribution is 0.128. The minimum absolute atomic E-state index is 0.0816. The SMILES string of the molecule is COC[C@@H]1CCCN1C(=O)Nc1cc(OC)c2ccccc2c1. The first-order valence-electron chi connectivity index (χ1n) is 7.86. The summed E-state index contributed by atoms with van der Waals surface area (Å²) in [6, 6.07) is 11.9. The molecule has 1 aliphatic rings. The molecule has 0 unspecified atom stereocenters. The minimum atomic E-state index is -0.0816. The van der Waals surface area contributed by atoms with Crippen LogP contribution in [0.5, 0.6) is 5.75 Å². The lowest BCUT2D eigenvalue weighted by Gasteiger charge is -2.24. The fourth-order valence-electron chi connectivity index (χ4n) is 3.18. The maximum atomic E-state index is 12.6. The third-order valence-corrected chi connectivity index (χ3v) is 4.29. The van der Waals surface area contributed by atoms with Crippen molar-refractivity contribution in [2.75, 3.05) is 32.7 Å². The first-order chi connectivity index (χ1) is 11.2. The summed E-state index contributed by atoms with van der Waals surface area (Å²) in [5.74, 6) is 0.758. The Morgan fingerprint density at radius 2 is 2.13 bits per heavy atom. The van der Waals surface area contributed by atoms with Gasteiger partial charge in [-0.25, -0.2) is 4.79 Å². The number of fused-ring (bicyclic) bond motifs is 1. The second-order valence-electron chi connectivity index (χ2n) is 5.77. The third kappa shape index (κ3) is 3.24. The number of hydrogen-bond acceptors (Lipinski definition) is 3. The summed E-state index contributed by atoms with van der Waals surface area (Å²) < 4.78 is 10.7. The highest BCUT2D eigenvalue weighted by Gasteiger charge is 2.28. The number of likely N-dealkylation sites (tertiary alicyclic amines) is 1. The fraction of sp³-hybridized carbons (Fsp3) is 0.389. The van der Waals surface area contributed by atoms with Crippen molar-refractivity contribution in [1.82, 2.24) is 4.90 Å². The molecule has 1 N–H and O–H groups in total. The number of amides is 2. The van der Waals surface area contributed by atoms with Crippen LogP contribution >= 0.6 is 0 Å². The molecule has 5 nitrogen and oxygen atoms in total. The van der Waals surface area contributed by atoms with E-state index in [0.29, 0.717) is 6.61 Å². The van der Waals surface area contributed by atoms with E-state index < -0.39 is 0 Å². The molecular weight excluding hydrogens is 292 g/mol. The van der Waals surface area contributed by atoms with Crippen molar-refractivity contribution >= 4 is 22.5 Å². The Morgan fingerprint density at radius 1 is 1.30 bits per heavy atom. The highest BCUT2D eigenvalue weighted by atomic mass is 16.5. The Kier molecular flexibility index (Phi) is 4.67. The number of nitrogens with one attached hydrogen (secondary N) is 1. The molecule has 0 saturated carbocycles. The molecule has 1 saturated heterocycles. The molecule has 1 atom stereocenters. The molecule has 0 spiro atoms. The van der Waals surface area contributed by atoms with Crippen molar-refractivity contribution in [2.45, 2.75) is 18.9 Å². The number of anilines is 1. The monoisotopic (exact) mass is 314 g/mol. The summed E-state index contributed by atoms with van der Waals surface area (Å²) in [5.41, 5.74) is 0.744. The van der Waals surface area contributed by atoms with E-state index in [-0.39, 0.29) is 12.1 Å². The molecule has 2 aromatic carbocycles. The van der Waals surface area contributed by atoms with Crippen LogP contribution < -0.4 is 10.1 Å². The molecule has 0 bridgehead atoms. The van der Waals surface area contributed by atoms with Crippen molar-refractivity contribution in [3.63, 3.8) is 0 Å². The van der Waals surface area contributed by atoms with Gasteiger partial charge in [-0.1, -0.05) is 24.3 Å². The standard InChI is InChI=1S/C18H22N2O3/c1-22-12-15-7-5-9-20(15)18(21)19-14-10-13-6-3-4-8-16(13)17(11-14)23-2/h3-4,6,8,10-11,15H,5,7,9,12H2,1-2H3,(H,19,21)/t15-/m0/s1. The number of benzene rings is 2. The van der Waals surface area contributed by atoms with Gasteiger partial charge in [-0.15, -0.1) is 0 Å². The van der Waals surface area contributed by atoms with Gasteiger partial charge >= 0.3 is 6.03 Å². The maximum Gasteiger partial charge on any atom is 0.322 e. The summed E-state index contributed by atoms with van der Waals surface area (Å²) in [6.45, 7) is 1.35. The number of carbonyl (C=O) groups excluding carboxylic acids is 1. The Hall–Kier alpha value is -2.27. The summed E-state index contributed by atoms with van der Waals surface area (Å²) in [5, 5.41) is 5.06. The van der Waals surface area contributed by atoms with E-state index in [2.05, 4.69) is 5.32 Å². The van der Waals surface area contributed by atoms with E-state index in [1.165, 1.54) is 0 Å². The molecule has 23 heavy (non-hydrogen) atoms. The molecule has 2 amide bonds. The molecule has 2 aromatic rings. The van der Waals surface area contributed by atoms with E-state index in [1.807, 2.05) is 41.3 Å². The van der Waals surface area contributed by atoms with Gasteiger partial charge in [0.25, 0.3) is 0 Å². The van der Waals surface area contributed by atoms with Crippen molar-refractivity contribution in [3.8, 4) is 5.75 Å². The van der Waals surface area contributed by atoms with Gasteiger partial charge in [-0.3, -0.25) is 0 Å². The fourth-order valence-corrected chi connectivity index (χ4v) is 3.18. The van der Waals surface area contributed by atoms with Crippen LogP contribution in [0.15, 0.2) is 36.4 Å². The summed E-state index contributed by atoms with van der Waals surface area (Å²) in [7, 11) is 3.31. The van der Waals surface area contributed by atoms with Gasteiger partial charge in [0, 0.05) is 30.8 Å². The second-order valence-corrected chi connectivity index (χ2v) is 5.77. The molecule has 0 aliphatic carbocycles. The topological polar surface area (TPSA) is 50.8 Å². The maximum absolute atomic E-state index is 12.6. The highest BCUT2D eigenvalue weighted by molar-refractivity contribution is 5.96. The van der Waals surface area contributed by atoms with Crippen LogP contribution in [0.1, 0.15) is 12.8 Å². The van der Waals surface area contributed by atoms with Crippen LogP contribution in [-0.2, 0) is 4.74 Å². The highest BCUT2D eigenvalue weighted by Crippen LogP contribution is 2.30. The van der Waals surface area contributed by atoms with Gasteiger partial charge in [0.1, 0.15) is 5.75 Å². The molecule has 5 heteroatoms. The van der Waals surface area contributed by atoms with Crippen molar-refractivity contribution in [1.29, 1.82) is 0 Å². The van der Waals surface area contributed by atoms with Gasteiger partial charge in [0.15, 0.2) is 0 Å². The third-order valence-electron chi connectivity index (χ3n) is 4.29. The second kappa shape index (κ2) is 6.87. The Labute approximate surface area is 136 Å². The largest absolute Gasteiger partial charge is 0.496 e. The van der Waals surface area contributed by atoms with Gasteiger partial charge in [0.05, 0.1) is 19.8 Å². The summed E-state index contributed by atoms with van der Waals surface area (Å²) in [4.78, 5) is 14.4. The number of carbonyl (C=O) groups is 1. The first kappa shape index (κ1) is 15.6. The van der Waals surface area contributed by atoms with E-state index in [1.54, 1.807) is 14.2 Å². The van der Waals surface area contributed by atoms with Gasteiger partial charge in [-0.05, 0) is 24.3 Å². The lowest BCUT2D eigenvalue weighted by atomic mass is 10.1. The van der Waals surface area contributed by atoms with E-state index >= 15 is 0 Å². The Morgan fingerprint density at radius 3 is 2.91 bits per heavy atom. The van der Waals surface area contributed by atoms with Crippen LogP contribution in [-0.4, -0.2) is 44.3 Å². The lowest BCUT2D eigenvalue weighted by Crippen LogP contribution is -2.40. The number of methoxy groups -OCH3 is 2.